The molecular weight excluding hydrogens is 270 g/mol. The zero-order chi connectivity index (χ0) is 15.3. The topological polar surface area (TPSA) is 105 Å². The van der Waals surface area contributed by atoms with Crippen molar-refractivity contribution in [3.05, 3.63) is 29.6 Å². The van der Waals surface area contributed by atoms with Gasteiger partial charge in [0.1, 0.15) is 5.54 Å². The number of nitrogens with one attached hydrogen (secondary N) is 1. The molecule has 0 radical (unpaired) electrons. The molecule has 0 bridgehead atoms. The average molecular weight is 291 g/mol. The molecule has 0 aliphatic heterocycles. The van der Waals surface area contributed by atoms with E-state index in [1.54, 1.807) is 12.1 Å². The Kier molecular flexibility index (Phi) is 4.90. The molecule has 1 saturated carbocycles. The third kappa shape index (κ3) is 3.58. The maximum absolute atomic E-state index is 12.4. The normalized spacial score (nSPS) is 17.8. The Hall–Kier alpha value is -1.95. The van der Waals surface area contributed by atoms with Gasteiger partial charge in [-0.2, -0.15) is 0 Å². The van der Waals surface area contributed by atoms with Gasteiger partial charge in [0.05, 0.1) is 5.69 Å². The van der Waals surface area contributed by atoms with E-state index in [1.807, 2.05) is 0 Å². The predicted octanol–water partition coefficient (Wildman–Crippen LogP) is 1.45. The van der Waals surface area contributed by atoms with Gasteiger partial charge in [0, 0.05) is 18.3 Å². The molecule has 6 nitrogen and oxygen atoms in total. The van der Waals surface area contributed by atoms with Gasteiger partial charge in [-0.3, -0.25) is 9.78 Å². The van der Waals surface area contributed by atoms with E-state index in [0.717, 1.165) is 25.7 Å². The smallest absolute Gasteiger partial charge is 0.329 e. The van der Waals surface area contributed by atoms with Gasteiger partial charge in [-0.15, -0.1) is 0 Å². The van der Waals surface area contributed by atoms with Gasteiger partial charge < -0.3 is 16.2 Å². The average Bonchev–Trinajstić information content (AvgIpc) is 2.74. The number of rotatable bonds is 4. The van der Waals surface area contributed by atoms with Crippen molar-refractivity contribution in [3.8, 4) is 0 Å². The molecule has 1 amide bonds. The molecule has 1 aromatic rings. The molecular formula is C15H21N3O3. The van der Waals surface area contributed by atoms with Crippen LogP contribution in [0.5, 0.6) is 0 Å². The first-order chi connectivity index (χ1) is 10.1. The first-order valence-electron chi connectivity index (χ1n) is 7.28. The number of carboxylic acids is 1. The van der Waals surface area contributed by atoms with E-state index in [2.05, 4.69) is 10.3 Å². The summed E-state index contributed by atoms with van der Waals surface area (Å²) in [6.07, 6.45) is 6.12. The van der Waals surface area contributed by atoms with E-state index in [1.165, 1.54) is 6.20 Å². The number of nitrogens with two attached hydrogens (primary N) is 1. The van der Waals surface area contributed by atoms with E-state index in [4.69, 9.17) is 5.73 Å². The molecule has 1 aliphatic carbocycles. The van der Waals surface area contributed by atoms with Crippen molar-refractivity contribution < 1.29 is 14.7 Å². The summed E-state index contributed by atoms with van der Waals surface area (Å²) in [4.78, 5) is 28.1. The standard InChI is InChI=1S/C15H21N3O3/c16-10-12-9-11(5-8-17-12)13(19)18-15(14(20)21)6-3-1-2-4-7-15/h5,8-9H,1-4,6-7,10,16H2,(H,18,19)(H,20,21). The first-order valence-corrected chi connectivity index (χ1v) is 7.28. The van der Waals surface area contributed by atoms with E-state index in [9.17, 15) is 14.7 Å². The maximum atomic E-state index is 12.4. The quantitative estimate of drug-likeness (QED) is 0.728. The molecule has 0 saturated heterocycles. The maximum Gasteiger partial charge on any atom is 0.329 e. The molecule has 0 unspecified atom stereocenters. The number of carbonyl (C=O) groups excluding carboxylic acids is 1. The number of nitrogens with zero attached hydrogens (tertiary/aromatic N) is 1. The highest BCUT2D eigenvalue weighted by atomic mass is 16.4. The Labute approximate surface area is 123 Å². The Morgan fingerprint density at radius 1 is 1.29 bits per heavy atom. The number of aromatic nitrogens is 1. The Morgan fingerprint density at radius 3 is 2.52 bits per heavy atom. The van der Waals surface area contributed by atoms with Gasteiger partial charge in [-0.25, -0.2) is 4.79 Å². The van der Waals surface area contributed by atoms with Crippen molar-refractivity contribution in [2.45, 2.75) is 50.6 Å². The van der Waals surface area contributed by atoms with Gasteiger partial charge in [-0.1, -0.05) is 25.7 Å². The number of amides is 1. The molecule has 2 rings (SSSR count). The number of hydrogen-bond acceptors (Lipinski definition) is 4. The van der Waals surface area contributed by atoms with Gasteiger partial charge >= 0.3 is 5.97 Å². The van der Waals surface area contributed by atoms with Gasteiger partial charge in [0.15, 0.2) is 0 Å². The third-order valence-corrected chi connectivity index (χ3v) is 4.01. The van der Waals surface area contributed by atoms with Gasteiger partial charge in [-0.05, 0) is 25.0 Å². The number of pyridine rings is 1. The second kappa shape index (κ2) is 6.67. The zero-order valence-corrected chi connectivity index (χ0v) is 12.0. The van der Waals surface area contributed by atoms with Crippen molar-refractivity contribution in [2.24, 2.45) is 5.73 Å². The lowest BCUT2D eigenvalue weighted by molar-refractivity contribution is -0.145. The van der Waals surface area contributed by atoms with Crippen LogP contribution in [0.15, 0.2) is 18.3 Å². The number of aliphatic carboxylic acids is 1. The van der Waals surface area contributed by atoms with Crippen molar-refractivity contribution in [1.29, 1.82) is 0 Å². The van der Waals surface area contributed by atoms with E-state index in [0.29, 0.717) is 24.1 Å². The fourth-order valence-electron chi connectivity index (χ4n) is 2.74. The molecule has 6 heteroatoms. The van der Waals surface area contributed by atoms with E-state index >= 15 is 0 Å². The summed E-state index contributed by atoms with van der Waals surface area (Å²) < 4.78 is 0. The van der Waals surface area contributed by atoms with Crippen molar-refractivity contribution in [1.82, 2.24) is 10.3 Å². The Bertz CT molecular complexity index is 523. The summed E-state index contributed by atoms with van der Waals surface area (Å²) in [7, 11) is 0. The highest BCUT2D eigenvalue weighted by molar-refractivity contribution is 5.97. The second-order valence-corrected chi connectivity index (χ2v) is 5.50. The van der Waals surface area contributed by atoms with Gasteiger partial charge in [0.2, 0.25) is 0 Å². The fraction of sp³-hybridized carbons (Fsp3) is 0.533. The van der Waals surface area contributed by atoms with Crippen molar-refractivity contribution in [2.75, 3.05) is 0 Å². The lowest BCUT2D eigenvalue weighted by Gasteiger charge is -2.29. The monoisotopic (exact) mass is 291 g/mol. The zero-order valence-electron chi connectivity index (χ0n) is 12.0. The molecule has 0 aromatic carbocycles. The second-order valence-electron chi connectivity index (χ2n) is 5.50. The fourth-order valence-corrected chi connectivity index (χ4v) is 2.74. The number of carbonyl (C=O) groups is 2. The van der Waals surface area contributed by atoms with Crippen LogP contribution < -0.4 is 11.1 Å². The number of hydrogen-bond donors (Lipinski definition) is 3. The summed E-state index contributed by atoms with van der Waals surface area (Å²) in [5.41, 5.74) is 5.36. The van der Waals surface area contributed by atoms with Crippen LogP contribution in [0.2, 0.25) is 0 Å². The molecule has 0 atom stereocenters. The summed E-state index contributed by atoms with van der Waals surface area (Å²) in [6, 6.07) is 3.17. The summed E-state index contributed by atoms with van der Waals surface area (Å²) in [5, 5.41) is 12.3. The number of carboxylic acid groups (broad SMARTS) is 1. The largest absolute Gasteiger partial charge is 0.480 e. The van der Waals surface area contributed by atoms with Crippen LogP contribution in [0.25, 0.3) is 0 Å². The minimum absolute atomic E-state index is 0.241. The molecule has 1 fully saturated rings. The lowest BCUT2D eigenvalue weighted by Crippen LogP contribution is -2.54. The first kappa shape index (κ1) is 15.4. The molecule has 1 aliphatic rings. The Balaban J connectivity index is 2.19. The summed E-state index contributed by atoms with van der Waals surface area (Å²) in [6.45, 7) is 0.241. The highest BCUT2D eigenvalue weighted by Crippen LogP contribution is 2.28. The van der Waals surface area contributed by atoms with Crippen LogP contribution in [0.1, 0.15) is 54.6 Å². The van der Waals surface area contributed by atoms with Gasteiger partial charge in [0.25, 0.3) is 5.91 Å². The Morgan fingerprint density at radius 2 is 1.95 bits per heavy atom. The van der Waals surface area contributed by atoms with Crippen LogP contribution >= 0.6 is 0 Å². The predicted molar refractivity (Wildman–Crippen MR) is 77.7 cm³/mol. The lowest BCUT2D eigenvalue weighted by atomic mass is 9.90. The summed E-state index contributed by atoms with van der Waals surface area (Å²) in [5.74, 6) is -1.33. The molecule has 1 aromatic heterocycles. The van der Waals surface area contributed by atoms with Crippen LogP contribution in [-0.4, -0.2) is 27.5 Å². The van der Waals surface area contributed by atoms with Crippen LogP contribution in [-0.2, 0) is 11.3 Å². The van der Waals surface area contributed by atoms with E-state index < -0.39 is 11.5 Å². The van der Waals surface area contributed by atoms with Crippen molar-refractivity contribution >= 4 is 11.9 Å². The summed E-state index contributed by atoms with van der Waals surface area (Å²) >= 11 is 0. The SMILES string of the molecule is NCc1cc(C(=O)NC2(C(=O)O)CCCCCC2)ccn1. The minimum Gasteiger partial charge on any atom is -0.480 e. The minimum atomic E-state index is -1.15. The molecule has 4 N–H and O–H groups in total. The molecule has 1 heterocycles. The van der Waals surface area contributed by atoms with Crippen LogP contribution in [0, 0.1) is 0 Å². The highest BCUT2D eigenvalue weighted by Gasteiger charge is 2.40. The van der Waals surface area contributed by atoms with Crippen LogP contribution in [0.4, 0.5) is 0 Å². The third-order valence-electron chi connectivity index (χ3n) is 4.01. The molecule has 114 valence electrons. The molecule has 21 heavy (non-hydrogen) atoms. The van der Waals surface area contributed by atoms with E-state index in [-0.39, 0.29) is 12.5 Å². The van der Waals surface area contributed by atoms with Crippen molar-refractivity contribution in [3.63, 3.8) is 0 Å². The molecule has 0 spiro atoms. The van der Waals surface area contributed by atoms with Crippen LogP contribution in [0.3, 0.4) is 0 Å².